The van der Waals surface area contributed by atoms with Gasteiger partial charge in [-0.3, -0.25) is 4.90 Å². The first-order chi connectivity index (χ1) is 7.05. The van der Waals surface area contributed by atoms with E-state index in [1.54, 1.807) is 0 Å². The van der Waals surface area contributed by atoms with Crippen LogP contribution in [0.1, 0.15) is 33.1 Å². The molecule has 1 aliphatic heterocycles. The highest BCUT2D eigenvalue weighted by molar-refractivity contribution is 9.09. The monoisotopic (exact) mass is 275 g/mol. The van der Waals surface area contributed by atoms with E-state index >= 15 is 0 Å². The van der Waals surface area contributed by atoms with E-state index in [9.17, 15) is 0 Å². The zero-order valence-electron chi connectivity index (χ0n) is 9.89. The van der Waals surface area contributed by atoms with E-state index in [4.69, 9.17) is 4.74 Å². The summed E-state index contributed by atoms with van der Waals surface area (Å²) >= 11 is 3.68. The maximum Gasteiger partial charge on any atom is 0.0753 e. The molecule has 1 aliphatic carbocycles. The summed E-state index contributed by atoms with van der Waals surface area (Å²) < 4.78 is 5.74. The van der Waals surface area contributed by atoms with Crippen LogP contribution in [0.2, 0.25) is 0 Å². The third-order valence-corrected chi connectivity index (χ3v) is 4.95. The van der Waals surface area contributed by atoms with Crippen LogP contribution in [0.15, 0.2) is 0 Å². The third-order valence-electron chi connectivity index (χ3n) is 3.76. The molecule has 1 heterocycles. The number of ether oxygens (including phenoxy) is 1. The predicted molar refractivity (Wildman–Crippen MR) is 66.5 cm³/mol. The molecule has 2 nitrogen and oxygen atoms in total. The number of rotatable bonds is 3. The van der Waals surface area contributed by atoms with Crippen molar-refractivity contribution in [2.45, 2.75) is 38.7 Å². The van der Waals surface area contributed by atoms with Crippen molar-refractivity contribution in [3.05, 3.63) is 0 Å². The van der Waals surface area contributed by atoms with Gasteiger partial charge >= 0.3 is 0 Å². The molecule has 0 amide bonds. The summed E-state index contributed by atoms with van der Waals surface area (Å²) in [6.07, 6.45) is 4.21. The average molecular weight is 276 g/mol. The summed E-state index contributed by atoms with van der Waals surface area (Å²) in [4.78, 5) is 2.59. The summed E-state index contributed by atoms with van der Waals surface area (Å²) in [5.74, 6) is 0. The van der Waals surface area contributed by atoms with Crippen molar-refractivity contribution in [3.63, 3.8) is 0 Å². The number of hydrogen-bond acceptors (Lipinski definition) is 2. The van der Waals surface area contributed by atoms with Crippen LogP contribution in [0.5, 0.6) is 0 Å². The molecular weight excluding hydrogens is 254 g/mol. The zero-order chi connectivity index (χ0) is 10.9. The molecule has 1 saturated carbocycles. The normalized spacial score (nSPS) is 29.8. The molecule has 2 aliphatic rings. The van der Waals surface area contributed by atoms with Gasteiger partial charge < -0.3 is 4.74 Å². The minimum atomic E-state index is 0.0511. The summed E-state index contributed by atoms with van der Waals surface area (Å²) in [5, 5.41) is 1.16. The summed E-state index contributed by atoms with van der Waals surface area (Å²) in [6, 6.07) is 0. The molecule has 0 spiro atoms. The average Bonchev–Trinajstić information content (AvgIpc) is 2.10. The maximum absolute atomic E-state index is 5.74. The van der Waals surface area contributed by atoms with Crippen LogP contribution in [-0.4, -0.2) is 42.1 Å². The largest absolute Gasteiger partial charge is 0.373 e. The molecule has 0 aromatic heterocycles. The quantitative estimate of drug-likeness (QED) is 0.735. The van der Waals surface area contributed by atoms with Gasteiger partial charge in [0, 0.05) is 25.0 Å². The fourth-order valence-electron chi connectivity index (χ4n) is 2.73. The molecule has 0 aromatic carbocycles. The van der Waals surface area contributed by atoms with Crippen LogP contribution >= 0.6 is 15.9 Å². The summed E-state index contributed by atoms with van der Waals surface area (Å²) in [6.45, 7) is 8.73. The van der Waals surface area contributed by atoms with Gasteiger partial charge in [0.2, 0.25) is 0 Å². The Morgan fingerprint density at radius 3 is 2.53 bits per heavy atom. The van der Waals surface area contributed by atoms with Crippen LogP contribution in [0.3, 0.4) is 0 Å². The first-order valence-electron chi connectivity index (χ1n) is 5.98. The topological polar surface area (TPSA) is 12.5 Å². The fraction of sp³-hybridized carbons (Fsp3) is 1.00. The molecule has 2 fully saturated rings. The lowest BCUT2D eigenvalue weighted by molar-refractivity contribution is -0.0977. The Morgan fingerprint density at radius 1 is 1.33 bits per heavy atom. The van der Waals surface area contributed by atoms with Crippen LogP contribution in [0, 0.1) is 5.41 Å². The van der Waals surface area contributed by atoms with E-state index in [0.717, 1.165) is 25.0 Å². The SMILES string of the molecule is CC1(C)CN(CC2(CBr)CCC2)CCO1. The molecule has 88 valence electrons. The van der Waals surface area contributed by atoms with E-state index in [2.05, 4.69) is 34.7 Å². The van der Waals surface area contributed by atoms with E-state index in [-0.39, 0.29) is 5.60 Å². The summed E-state index contributed by atoms with van der Waals surface area (Å²) in [5.41, 5.74) is 0.628. The Labute approximate surface area is 101 Å². The van der Waals surface area contributed by atoms with Gasteiger partial charge in [-0.2, -0.15) is 0 Å². The van der Waals surface area contributed by atoms with Gasteiger partial charge in [-0.05, 0) is 32.1 Å². The first kappa shape index (κ1) is 11.9. The third kappa shape index (κ3) is 2.75. The predicted octanol–water partition coefficient (Wildman–Crippen LogP) is 2.66. The Kier molecular flexibility index (Phi) is 3.44. The lowest BCUT2D eigenvalue weighted by Crippen LogP contribution is -2.53. The molecule has 0 N–H and O–H groups in total. The van der Waals surface area contributed by atoms with E-state index < -0.39 is 0 Å². The van der Waals surface area contributed by atoms with E-state index in [0.29, 0.717) is 5.41 Å². The molecule has 0 atom stereocenters. The van der Waals surface area contributed by atoms with E-state index in [1.807, 2.05) is 0 Å². The van der Waals surface area contributed by atoms with Crippen LogP contribution < -0.4 is 0 Å². The van der Waals surface area contributed by atoms with Crippen LogP contribution in [0.4, 0.5) is 0 Å². The number of alkyl halides is 1. The Balaban J connectivity index is 1.88. The highest BCUT2D eigenvalue weighted by Crippen LogP contribution is 2.43. The van der Waals surface area contributed by atoms with Crippen molar-refractivity contribution >= 4 is 15.9 Å². The molecule has 0 unspecified atom stereocenters. The maximum atomic E-state index is 5.74. The molecule has 15 heavy (non-hydrogen) atoms. The van der Waals surface area contributed by atoms with Crippen LogP contribution in [-0.2, 0) is 4.74 Å². The molecule has 0 bridgehead atoms. The lowest BCUT2D eigenvalue weighted by Gasteiger charge is -2.47. The number of halogens is 1. The van der Waals surface area contributed by atoms with Crippen molar-refractivity contribution in [3.8, 4) is 0 Å². The highest BCUT2D eigenvalue weighted by Gasteiger charge is 2.39. The van der Waals surface area contributed by atoms with Gasteiger partial charge in [0.25, 0.3) is 0 Å². The molecule has 0 radical (unpaired) electrons. The Morgan fingerprint density at radius 2 is 2.07 bits per heavy atom. The summed E-state index contributed by atoms with van der Waals surface area (Å²) in [7, 11) is 0. The van der Waals surface area contributed by atoms with Gasteiger partial charge in [-0.1, -0.05) is 22.4 Å². The Bertz CT molecular complexity index is 220. The second-order valence-corrected chi connectivity index (χ2v) is 6.37. The standard InChI is InChI=1S/C12H22BrNO/c1-11(2)9-14(6-7-15-11)10-12(8-13)4-3-5-12/h3-10H2,1-2H3. The van der Waals surface area contributed by atoms with Crippen molar-refractivity contribution in [2.75, 3.05) is 31.6 Å². The van der Waals surface area contributed by atoms with Gasteiger partial charge in [-0.25, -0.2) is 0 Å². The second-order valence-electron chi connectivity index (χ2n) is 5.81. The molecule has 1 saturated heterocycles. The highest BCUT2D eigenvalue weighted by atomic mass is 79.9. The van der Waals surface area contributed by atoms with Gasteiger partial charge in [0.1, 0.15) is 0 Å². The van der Waals surface area contributed by atoms with Crippen molar-refractivity contribution in [1.29, 1.82) is 0 Å². The van der Waals surface area contributed by atoms with Gasteiger partial charge in [0.05, 0.1) is 12.2 Å². The molecule has 3 heteroatoms. The van der Waals surface area contributed by atoms with E-state index in [1.165, 1.54) is 25.8 Å². The van der Waals surface area contributed by atoms with Gasteiger partial charge in [-0.15, -0.1) is 0 Å². The number of hydrogen-bond donors (Lipinski definition) is 0. The minimum absolute atomic E-state index is 0.0511. The zero-order valence-corrected chi connectivity index (χ0v) is 11.5. The first-order valence-corrected chi connectivity index (χ1v) is 7.10. The minimum Gasteiger partial charge on any atom is -0.373 e. The number of morpholine rings is 1. The van der Waals surface area contributed by atoms with Gasteiger partial charge in [0.15, 0.2) is 0 Å². The van der Waals surface area contributed by atoms with Crippen molar-refractivity contribution in [1.82, 2.24) is 4.90 Å². The fourth-order valence-corrected chi connectivity index (χ4v) is 3.47. The number of nitrogens with zero attached hydrogens (tertiary/aromatic N) is 1. The molecule has 0 aromatic rings. The van der Waals surface area contributed by atoms with Crippen LogP contribution in [0.25, 0.3) is 0 Å². The smallest absolute Gasteiger partial charge is 0.0753 e. The van der Waals surface area contributed by atoms with Crippen molar-refractivity contribution < 1.29 is 4.74 Å². The molecule has 2 rings (SSSR count). The molecular formula is C12H22BrNO. The van der Waals surface area contributed by atoms with Crippen molar-refractivity contribution in [2.24, 2.45) is 5.41 Å². The Hall–Kier alpha value is 0.400. The second kappa shape index (κ2) is 4.34. The lowest BCUT2D eigenvalue weighted by atomic mass is 9.70.